The molecule has 0 spiro atoms. The summed E-state index contributed by atoms with van der Waals surface area (Å²) >= 11 is 0. The summed E-state index contributed by atoms with van der Waals surface area (Å²) in [6.07, 6.45) is 8.83. The van der Waals surface area contributed by atoms with E-state index in [1.54, 1.807) is 0 Å². The Morgan fingerprint density at radius 1 is 1.14 bits per heavy atom. The summed E-state index contributed by atoms with van der Waals surface area (Å²) in [4.78, 5) is 0. The molecule has 0 radical (unpaired) electrons. The molecule has 1 saturated carbocycles. The van der Waals surface area contributed by atoms with Gasteiger partial charge in [-0.25, -0.2) is 0 Å². The van der Waals surface area contributed by atoms with E-state index in [1.165, 1.54) is 19.3 Å². The quantitative estimate of drug-likeness (QED) is 0.739. The molecule has 0 aromatic rings. The predicted molar refractivity (Wildman–Crippen MR) is 60.3 cm³/mol. The van der Waals surface area contributed by atoms with Crippen LogP contribution in [0, 0.1) is 0 Å². The molecule has 2 heteroatoms. The van der Waals surface area contributed by atoms with Crippen LogP contribution in [0.15, 0.2) is 0 Å². The van der Waals surface area contributed by atoms with Crippen LogP contribution in [0.25, 0.3) is 0 Å². The van der Waals surface area contributed by atoms with Crippen molar-refractivity contribution in [2.24, 2.45) is 5.73 Å². The van der Waals surface area contributed by atoms with Crippen LogP contribution < -0.4 is 5.73 Å². The number of ether oxygens (including phenoxy) is 1. The molecule has 0 aromatic carbocycles. The lowest BCUT2D eigenvalue weighted by Gasteiger charge is -2.34. The van der Waals surface area contributed by atoms with Crippen molar-refractivity contribution in [2.75, 3.05) is 6.61 Å². The van der Waals surface area contributed by atoms with E-state index in [1.807, 2.05) is 0 Å². The molecule has 1 rings (SSSR count). The smallest absolute Gasteiger partial charge is 0.0649 e. The molecule has 14 heavy (non-hydrogen) atoms. The summed E-state index contributed by atoms with van der Waals surface area (Å²) in [7, 11) is 0. The highest BCUT2D eigenvalue weighted by Crippen LogP contribution is 2.26. The maximum absolute atomic E-state index is 6.29. The molecular weight excluding hydrogens is 174 g/mol. The first-order valence-electron chi connectivity index (χ1n) is 6.10. The number of hydrogen-bond acceptors (Lipinski definition) is 2. The van der Waals surface area contributed by atoms with Crippen molar-refractivity contribution in [3.05, 3.63) is 0 Å². The average Bonchev–Trinajstić information content (AvgIpc) is 2.20. The van der Waals surface area contributed by atoms with E-state index in [-0.39, 0.29) is 5.54 Å². The summed E-state index contributed by atoms with van der Waals surface area (Å²) in [6, 6.07) is 0. The Morgan fingerprint density at radius 3 is 2.21 bits per heavy atom. The van der Waals surface area contributed by atoms with Crippen LogP contribution in [0.2, 0.25) is 0 Å². The predicted octanol–water partition coefficient (Wildman–Crippen LogP) is 2.85. The van der Waals surface area contributed by atoms with E-state index in [0.29, 0.717) is 6.10 Å². The zero-order valence-electron chi connectivity index (χ0n) is 9.72. The molecule has 0 aliphatic heterocycles. The molecule has 1 fully saturated rings. The van der Waals surface area contributed by atoms with Crippen LogP contribution in [0.5, 0.6) is 0 Å². The molecule has 2 nitrogen and oxygen atoms in total. The van der Waals surface area contributed by atoms with Gasteiger partial charge in [0.05, 0.1) is 12.7 Å². The lowest BCUT2D eigenvalue weighted by atomic mass is 9.83. The summed E-state index contributed by atoms with van der Waals surface area (Å²) < 4.78 is 5.86. The van der Waals surface area contributed by atoms with Gasteiger partial charge in [0.25, 0.3) is 0 Å². The number of nitrogens with two attached hydrogens (primary N) is 1. The molecular formula is C12H25NO. The van der Waals surface area contributed by atoms with Crippen molar-refractivity contribution in [3.63, 3.8) is 0 Å². The zero-order chi connectivity index (χ0) is 10.4. The fourth-order valence-corrected chi connectivity index (χ4v) is 2.21. The van der Waals surface area contributed by atoms with Crippen molar-refractivity contribution >= 4 is 0 Å². The first kappa shape index (κ1) is 12.0. The SMILES string of the molecule is CCC(CC)OCC1(N)CCCCC1. The Morgan fingerprint density at radius 2 is 1.71 bits per heavy atom. The summed E-state index contributed by atoms with van der Waals surface area (Å²) in [5.41, 5.74) is 6.28. The van der Waals surface area contributed by atoms with Gasteiger partial charge in [-0.1, -0.05) is 33.1 Å². The van der Waals surface area contributed by atoms with Gasteiger partial charge in [-0.2, -0.15) is 0 Å². The number of hydrogen-bond donors (Lipinski definition) is 1. The topological polar surface area (TPSA) is 35.2 Å². The zero-order valence-corrected chi connectivity index (χ0v) is 9.72. The Hall–Kier alpha value is -0.0800. The Labute approximate surface area is 88.2 Å². The lowest BCUT2D eigenvalue weighted by Crippen LogP contribution is -2.46. The van der Waals surface area contributed by atoms with E-state index < -0.39 is 0 Å². The van der Waals surface area contributed by atoms with Crippen LogP contribution in [-0.2, 0) is 4.74 Å². The van der Waals surface area contributed by atoms with Gasteiger partial charge < -0.3 is 10.5 Å². The maximum Gasteiger partial charge on any atom is 0.0649 e. The molecule has 0 unspecified atom stereocenters. The van der Waals surface area contributed by atoms with Crippen molar-refractivity contribution in [1.82, 2.24) is 0 Å². The molecule has 0 saturated heterocycles. The van der Waals surface area contributed by atoms with Crippen LogP contribution in [0.1, 0.15) is 58.8 Å². The first-order valence-corrected chi connectivity index (χ1v) is 6.10. The van der Waals surface area contributed by atoms with E-state index in [9.17, 15) is 0 Å². The second-order valence-corrected chi connectivity index (χ2v) is 4.67. The fourth-order valence-electron chi connectivity index (χ4n) is 2.21. The molecule has 0 heterocycles. The van der Waals surface area contributed by atoms with Gasteiger partial charge in [0.2, 0.25) is 0 Å². The lowest BCUT2D eigenvalue weighted by molar-refractivity contribution is 0.00590. The fraction of sp³-hybridized carbons (Fsp3) is 1.00. The van der Waals surface area contributed by atoms with E-state index in [4.69, 9.17) is 10.5 Å². The highest BCUT2D eigenvalue weighted by atomic mass is 16.5. The van der Waals surface area contributed by atoms with Crippen molar-refractivity contribution in [2.45, 2.75) is 70.4 Å². The van der Waals surface area contributed by atoms with Gasteiger partial charge in [0.1, 0.15) is 0 Å². The van der Waals surface area contributed by atoms with Crippen molar-refractivity contribution in [3.8, 4) is 0 Å². The summed E-state index contributed by atoms with van der Waals surface area (Å²) in [5, 5.41) is 0. The van der Waals surface area contributed by atoms with Crippen molar-refractivity contribution in [1.29, 1.82) is 0 Å². The first-order chi connectivity index (χ1) is 6.70. The normalized spacial score (nSPS) is 21.4. The van der Waals surface area contributed by atoms with Crippen LogP contribution >= 0.6 is 0 Å². The third kappa shape index (κ3) is 3.58. The molecule has 1 aliphatic rings. The largest absolute Gasteiger partial charge is 0.376 e. The molecule has 0 amide bonds. The second kappa shape index (κ2) is 5.72. The third-order valence-electron chi connectivity index (χ3n) is 3.37. The standard InChI is InChI=1S/C12H25NO/c1-3-11(4-2)14-10-12(13)8-6-5-7-9-12/h11H,3-10,13H2,1-2H3. The summed E-state index contributed by atoms with van der Waals surface area (Å²) in [5.74, 6) is 0. The minimum absolute atomic E-state index is 0.0131. The van der Waals surface area contributed by atoms with Gasteiger partial charge >= 0.3 is 0 Å². The van der Waals surface area contributed by atoms with Gasteiger partial charge in [-0.15, -0.1) is 0 Å². The molecule has 0 atom stereocenters. The van der Waals surface area contributed by atoms with E-state index in [0.717, 1.165) is 32.3 Å². The average molecular weight is 199 g/mol. The molecule has 0 aromatic heterocycles. The Kier molecular flexibility index (Phi) is 4.90. The van der Waals surface area contributed by atoms with Crippen molar-refractivity contribution < 1.29 is 4.74 Å². The minimum Gasteiger partial charge on any atom is -0.376 e. The van der Waals surface area contributed by atoms with E-state index >= 15 is 0 Å². The maximum atomic E-state index is 6.29. The number of rotatable bonds is 5. The minimum atomic E-state index is -0.0131. The van der Waals surface area contributed by atoms with Crippen LogP contribution in [0.4, 0.5) is 0 Å². The van der Waals surface area contributed by atoms with E-state index in [2.05, 4.69) is 13.8 Å². The van der Waals surface area contributed by atoms with Crippen LogP contribution in [0.3, 0.4) is 0 Å². The molecule has 84 valence electrons. The highest BCUT2D eigenvalue weighted by molar-refractivity contribution is 4.87. The molecule has 2 N–H and O–H groups in total. The highest BCUT2D eigenvalue weighted by Gasteiger charge is 2.28. The molecule has 1 aliphatic carbocycles. The Balaban J connectivity index is 2.27. The van der Waals surface area contributed by atoms with Crippen LogP contribution in [-0.4, -0.2) is 18.2 Å². The monoisotopic (exact) mass is 199 g/mol. The third-order valence-corrected chi connectivity index (χ3v) is 3.37. The van der Waals surface area contributed by atoms with Gasteiger partial charge in [-0.3, -0.25) is 0 Å². The second-order valence-electron chi connectivity index (χ2n) is 4.67. The van der Waals surface area contributed by atoms with Gasteiger partial charge in [0, 0.05) is 5.54 Å². The summed E-state index contributed by atoms with van der Waals surface area (Å²) in [6.45, 7) is 5.12. The Bertz CT molecular complexity index is 148. The molecule has 0 bridgehead atoms. The van der Waals surface area contributed by atoms with Gasteiger partial charge in [0.15, 0.2) is 0 Å². The van der Waals surface area contributed by atoms with Gasteiger partial charge in [-0.05, 0) is 25.7 Å².